The molecule has 0 aliphatic carbocycles. The number of ether oxygens (including phenoxy) is 1. The Hall–Kier alpha value is -1.91. The minimum atomic E-state index is -0.537. The lowest BCUT2D eigenvalue weighted by atomic mass is 10.2. The molecule has 0 bridgehead atoms. The molecule has 0 saturated carbocycles. The Balaban J connectivity index is 2.36. The molecule has 0 aliphatic heterocycles. The van der Waals surface area contributed by atoms with Crippen molar-refractivity contribution in [3.8, 4) is 0 Å². The van der Waals surface area contributed by atoms with E-state index >= 15 is 0 Å². The van der Waals surface area contributed by atoms with Crippen molar-refractivity contribution < 1.29 is 18.3 Å². The Kier molecular flexibility index (Phi) is 5.67. The molecule has 1 N–H and O–H groups in total. The molecule has 1 amide bonds. The van der Waals surface area contributed by atoms with E-state index in [1.54, 1.807) is 26.8 Å². The van der Waals surface area contributed by atoms with Crippen LogP contribution in [0.1, 0.15) is 32.8 Å². The van der Waals surface area contributed by atoms with Crippen molar-refractivity contribution >= 4 is 12.2 Å². The summed E-state index contributed by atoms with van der Waals surface area (Å²) in [5.41, 5.74) is -0.354. The molecule has 0 radical (unpaired) electrons. The molecule has 20 heavy (non-hydrogen) atoms. The van der Waals surface area contributed by atoms with Crippen LogP contribution in [0, 0.1) is 11.6 Å². The highest BCUT2D eigenvalue weighted by atomic mass is 19.1. The molecular formula is C15H19F2NO2. The van der Waals surface area contributed by atoms with Crippen LogP contribution in [0.4, 0.5) is 13.6 Å². The van der Waals surface area contributed by atoms with Crippen LogP contribution in [-0.4, -0.2) is 18.2 Å². The summed E-state index contributed by atoms with van der Waals surface area (Å²) >= 11 is 0. The smallest absolute Gasteiger partial charge is 0.407 e. The summed E-state index contributed by atoms with van der Waals surface area (Å²) in [6.45, 7) is 5.69. The number of nitrogens with one attached hydrogen (secondary N) is 1. The average Bonchev–Trinajstić information content (AvgIpc) is 2.30. The summed E-state index contributed by atoms with van der Waals surface area (Å²) in [5.74, 6) is -0.972. The van der Waals surface area contributed by atoms with Gasteiger partial charge in [0.15, 0.2) is 0 Å². The van der Waals surface area contributed by atoms with E-state index in [1.165, 1.54) is 6.08 Å². The highest BCUT2D eigenvalue weighted by molar-refractivity contribution is 5.67. The second-order valence-corrected chi connectivity index (χ2v) is 5.29. The monoisotopic (exact) mass is 283 g/mol. The van der Waals surface area contributed by atoms with Crippen molar-refractivity contribution in [2.75, 3.05) is 6.54 Å². The maximum Gasteiger partial charge on any atom is 0.407 e. The topological polar surface area (TPSA) is 38.3 Å². The molecule has 1 rings (SSSR count). The minimum Gasteiger partial charge on any atom is -0.444 e. The number of benzene rings is 1. The largest absolute Gasteiger partial charge is 0.444 e. The van der Waals surface area contributed by atoms with Crippen molar-refractivity contribution in [2.45, 2.75) is 32.8 Å². The molecule has 0 saturated heterocycles. The first-order chi connectivity index (χ1) is 9.28. The zero-order chi connectivity index (χ0) is 15.2. The van der Waals surface area contributed by atoms with E-state index < -0.39 is 23.3 Å². The van der Waals surface area contributed by atoms with Gasteiger partial charge in [-0.05, 0) is 45.4 Å². The number of alkyl carbamates (subject to hydrolysis) is 1. The highest BCUT2D eigenvalue weighted by Gasteiger charge is 2.15. The summed E-state index contributed by atoms with van der Waals surface area (Å²) in [6, 6.07) is 3.26. The van der Waals surface area contributed by atoms with Gasteiger partial charge >= 0.3 is 6.09 Å². The van der Waals surface area contributed by atoms with E-state index in [2.05, 4.69) is 5.32 Å². The van der Waals surface area contributed by atoms with Gasteiger partial charge in [0, 0.05) is 12.1 Å². The van der Waals surface area contributed by atoms with Gasteiger partial charge in [0.05, 0.1) is 0 Å². The molecule has 0 spiro atoms. The normalized spacial score (nSPS) is 11.7. The minimum absolute atomic E-state index is 0.183. The molecule has 0 atom stereocenters. The summed E-state index contributed by atoms with van der Waals surface area (Å²) in [7, 11) is 0. The number of amides is 1. The van der Waals surface area contributed by atoms with Gasteiger partial charge in [-0.3, -0.25) is 0 Å². The van der Waals surface area contributed by atoms with E-state index in [0.29, 0.717) is 13.0 Å². The molecule has 1 aromatic carbocycles. The first kappa shape index (κ1) is 16.1. The van der Waals surface area contributed by atoms with Gasteiger partial charge < -0.3 is 10.1 Å². The zero-order valence-electron chi connectivity index (χ0n) is 11.9. The SMILES string of the molecule is CC(C)(C)OC(=O)NCCC=Cc1cc(F)ccc1F. The van der Waals surface area contributed by atoms with Crippen LogP contribution in [0.15, 0.2) is 24.3 Å². The maximum absolute atomic E-state index is 13.3. The van der Waals surface area contributed by atoms with Gasteiger partial charge in [0.25, 0.3) is 0 Å². The van der Waals surface area contributed by atoms with Crippen LogP contribution in [0.25, 0.3) is 6.08 Å². The van der Waals surface area contributed by atoms with Crippen molar-refractivity contribution in [2.24, 2.45) is 0 Å². The molecule has 3 nitrogen and oxygen atoms in total. The molecule has 0 unspecified atom stereocenters. The molecule has 0 heterocycles. The van der Waals surface area contributed by atoms with E-state index in [0.717, 1.165) is 18.2 Å². The molecule has 1 aromatic rings. The fourth-order valence-corrected chi connectivity index (χ4v) is 1.42. The molecule has 0 fully saturated rings. The van der Waals surface area contributed by atoms with Gasteiger partial charge in [0.1, 0.15) is 17.2 Å². The number of carbonyl (C=O) groups excluding carboxylic acids is 1. The highest BCUT2D eigenvalue weighted by Crippen LogP contribution is 2.11. The van der Waals surface area contributed by atoms with E-state index in [4.69, 9.17) is 4.74 Å². The van der Waals surface area contributed by atoms with Crippen molar-refractivity contribution in [1.82, 2.24) is 5.32 Å². The lowest BCUT2D eigenvalue weighted by Crippen LogP contribution is -2.32. The summed E-state index contributed by atoms with van der Waals surface area (Å²) < 4.78 is 31.3. The number of carbonyl (C=O) groups is 1. The maximum atomic E-state index is 13.3. The van der Waals surface area contributed by atoms with Gasteiger partial charge in [0.2, 0.25) is 0 Å². The summed E-state index contributed by atoms with van der Waals surface area (Å²) in [4.78, 5) is 11.3. The van der Waals surface area contributed by atoms with Gasteiger partial charge in [-0.15, -0.1) is 0 Å². The molecular weight excluding hydrogens is 264 g/mol. The standard InChI is InChI=1S/C15H19F2NO2/c1-15(2,3)20-14(19)18-9-5-4-6-11-10-12(16)7-8-13(11)17/h4,6-8,10H,5,9H2,1-3H3,(H,18,19). The Morgan fingerprint density at radius 2 is 2.05 bits per heavy atom. The lowest BCUT2D eigenvalue weighted by Gasteiger charge is -2.19. The number of rotatable bonds is 4. The number of halogens is 2. The van der Waals surface area contributed by atoms with Crippen molar-refractivity contribution in [3.63, 3.8) is 0 Å². The first-order valence-electron chi connectivity index (χ1n) is 6.36. The number of hydrogen-bond acceptors (Lipinski definition) is 2. The van der Waals surface area contributed by atoms with E-state index in [1.807, 2.05) is 0 Å². The Labute approximate surface area is 117 Å². The Morgan fingerprint density at radius 1 is 1.35 bits per heavy atom. The van der Waals surface area contributed by atoms with E-state index in [-0.39, 0.29) is 5.56 Å². The van der Waals surface area contributed by atoms with Gasteiger partial charge in [-0.25, -0.2) is 13.6 Å². The lowest BCUT2D eigenvalue weighted by molar-refractivity contribution is 0.0529. The van der Waals surface area contributed by atoms with Crippen LogP contribution in [0.2, 0.25) is 0 Å². The second kappa shape index (κ2) is 7.03. The van der Waals surface area contributed by atoms with Crippen LogP contribution in [-0.2, 0) is 4.74 Å². The third-order valence-corrected chi connectivity index (χ3v) is 2.23. The average molecular weight is 283 g/mol. The third kappa shape index (κ3) is 6.31. The van der Waals surface area contributed by atoms with Crippen LogP contribution in [0.5, 0.6) is 0 Å². The van der Waals surface area contributed by atoms with Gasteiger partial charge in [-0.2, -0.15) is 0 Å². The van der Waals surface area contributed by atoms with Crippen LogP contribution < -0.4 is 5.32 Å². The molecule has 0 aromatic heterocycles. The van der Waals surface area contributed by atoms with Crippen LogP contribution in [0.3, 0.4) is 0 Å². The summed E-state index contributed by atoms with van der Waals surface area (Å²) in [6.07, 6.45) is 3.14. The Morgan fingerprint density at radius 3 is 2.70 bits per heavy atom. The van der Waals surface area contributed by atoms with Crippen molar-refractivity contribution in [3.05, 3.63) is 41.5 Å². The predicted octanol–water partition coefficient (Wildman–Crippen LogP) is 3.89. The fourth-order valence-electron chi connectivity index (χ4n) is 1.42. The molecule has 110 valence electrons. The summed E-state index contributed by atoms with van der Waals surface area (Å²) in [5, 5.41) is 2.57. The third-order valence-electron chi connectivity index (χ3n) is 2.23. The fraction of sp³-hybridized carbons (Fsp3) is 0.400. The first-order valence-corrected chi connectivity index (χ1v) is 6.36. The number of hydrogen-bond donors (Lipinski definition) is 1. The van der Waals surface area contributed by atoms with Gasteiger partial charge in [-0.1, -0.05) is 12.2 Å². The molecule has 5 heteroatoms. The predicted molar refractivity (Wildman–Crippen MR) is 74.2 cm³/mol. The second-order valence-electron chi connectivity index (χ2n) is 5.29. The molecule has 0 aliphatic rings. The Bertz CT molecular complexity index is 493. The zero-order valence-corrected chi connectivity index (χ0v) is 11.9. The van der Waals surface area contributed by atoms with Crippen molar-refractivity contribution in [1.29, 1.82) is 0 Å². The van der Waals surface area contributed by atoms with E-state index in [9.17, 15) is 13.6 Å². The van der Waals surface area contributed by atoms with Crippen LogP contribution >= 0.6 is 0 Å². The quantitative estimate of drug-likeness (QED) is 0.851.